The molecule has 0 saturated heterocycles. The van der Waals surface area contributed by atoms with E-state index in [1.807, 2.05) is 13.8 Å². The predicted octanol–water partition coefficient (Wildman–Crippen LogP) is 3.44. The lowest BCUT2D eigenvalue weighted by Crippen LogP contribution is -2.06. The van der Waals surface area contributed by atoms with E-state index in [9.17, 15) is 4.39 Å². The molecule has 2 aromatic rings. The number of rotatable bonds is 4. The van der Waals surface area contributed by atoms with E-state index >= 15 is 0 Å². The van der Waals surface area contributed by atoms with E-state index in [-0.39, 0.29) is 11.8 Å². The van der Waals surface area contributed by atoms with Crippen LogP contribution in [0.3, 0.4) is 0 Å². The van der Waals surface area contributed by atoms with E-state index < -0.39 is 0 Å². The molecular weight excluding hydrogens is 325 g/mol. The Labute approximate surface area is 124 Å². The molecule has 2 rings (SSSR count). The summed E-state index contributed by atoms with van der Waals surface area (Å²) in [6.45, 7) is 4.51. The van der Waals surface area contributed by atoms with E-state index in [1.54, 1.807) is 12.1 Å². The van der Waals surface area contributed by atoms with Gasteiger partial charge >= 0.3 is 0 Å². The molecule has 0 aliphatic heterocycles. The number of anilines is 4. The summed E-state index contributed by atoms with van der Waals surface area (Å²) in [6.07, 6.45) is 0. The number of aryl methyl sites for hydroxylation is 1. The van der Waals surface area contributed by atoms with Gasteiger partial charge in [-0.1, -0.05) is 0 Å². The fraction of sp³-hybridized carbons (Fsp3) is 0.231. The highest BCUT2D eigenvalue weighted by atomic mass is 79.9. The van der Waals surface area contributed by atoms with E-state index in [2.05, 4.69) is 36.5 Å². The molecule has 4 N–H and O–H groups in total. The molecular formula is C13H15BrFN5. The summed E-state index contributed by atoms with van der Waals surface area (Å²) in [5.41, 5.74) is 7.18. The van der Waals surface area contributed by atoms with Crippen LogP contribution in [0.1, 0.15) is 12.5 Å². The smallest absolute Gasteiger partial charge is 0.223 e. The quantitative estimate of drug-likeness (QED) is 0.795. The minimum Gasteiger partial charge on any atom is -0.370 e. The Morgan fingerprint density at radius 2 is 1.95 bits per heavy atom. The van der Waals surface area contributed by atoms with Gasteiger partial charge in [-0.3, -0.25) is 0 Å². The zero-order valence-electron chi connectivity index (χ0n) is 11.2. The van der Waals surface area contributed by atoms with Crippen molar-refractivity contribution in [1.29, 1.82) is 0 Å². The van der Waals surface area contributed by atoms with Crippen LogP contribution in [0.25, 0.3) is 0 Å². The Balaban J connectivity index is 2.32. The molecule has 106 valence electrons. The Morgan fingerprint density at radius 1 is 1.25 bits per heavy atom. The zero-order valence-corrected chi connectivity index (χ0v) is 12.8. The molecule has 0 spiro atoms. The molecule has 0 fully saturated rings. The highest BCUT2D eigenvalue weighted by molar-refractivity contribution is 9.10. The van der Waals surface area contributed by atoms with Crippen molar-refractivity contribution in [2.45, 2.75) is 13.8 Å². The third-order valence-electron chi connectivity index (χ3n) is 2.63. The molecule has 0 amide bonds. The topological polar surface area (TPSA) is 75.9 Å². The van der Waals surface area contributed by atoms with Gasteiger partial charge < -0.3 is 16.4 Å². The minimum absolute atomic E-state index is 0.171. The van der Waals surface area contributed by atoms with Crippen molar-refractivity contribution < 1.29 is 4.39 Å². The fourth-order valence-corrected chi connectivity index (χ4v) is 2.06. The van der Waals surface area contributed by atoms with Crippen LogP contribution in [0, 0.1) is 12.7 Å². The number of benzene rings is 1. The molecule has 0 aliphatic rings. The first-order valence-electron chi connectivity index (χ1n) is 6.10. The lowest BCUT2D eigenvalue weighted by molar-refractivity contribution is 0.620. The maximum Gasteiger partial charge on any atom is 0.223 e. The fourth-order valence-electron chi connectivity index (χ4n) is 1.72. The molecule has 20 heavy (non-hydrogen) atoms. The van der Waals surface area contributed by atoms with E-state index in [0.29, 0.717) is 16.1 Å². The number of nitrogens with two attached hydrogens (primary N) is 1. The van der Waals surface area contributed by atoms with Crippen molar-refractivity contribution in [2.24, 2.45) is 0 Å². The molecule has 1 aromatic heterocycles. The van der Waals surface area contributed by atoms with E-state index in [0.717, 1.165) is 17.8 Å². The van der Waals surface area contributed by atoms with Crippen molar-refractivity contribution in [2.75, 3.05) is 22.9 Å². The standard InChI is InChI=1S/C13H15BrFN5/c1-3-17-11-6-12(20-13(16)19-11)18-10-5-8(14)9(15)4-7(10)2/h4-6H,3H2,1-2H3,(H4,16,17,18,19,20). The predicted molar refractivity (Wildman–Crippen MR) is 82.7 cm³/mol. The van der Waals surface area contributed by atoms with Crippen molar-refractivity contribution in [1.82, 2.24) is 9.97 Å². The highest BCUT2D eigenvalue weighted by Gasteiger charge is 2.08. The van der Waals surface area contributed by atoms with Gasteiger partial charge in [0.05, 0.1) is 4.47 Å². The first kappa shape index (κ1) is 14.5. The number of aromatic nitrogens is 2. The molecule has 0 unspecified atom stereocenters. The van der Waals surface area contributed by atoms with Gasteiger partial charge in [0, 0.05) is 18.3 Å². The van der Waals surface area contributed by atoms with E-state index in [4.69, 9.17) is 5.73 Å². The van der Waals surface area contributed by atoms with Crippen LogP contribution in [0.2, 0.25) is 0 Å². The molecule has 5 nitrogen and oxygen atoms in total. The van der Waals surface area contributed by atoms with Gasteiger partial charge in [-0.2, -0.15) is 9.97 Å². The summed E-state index contributed by atoms with van der Waals surface area (Å²) in [4.78, 5) is 8.18. The Kier molecular flexibility index (Phi) is 4.39. The van der Waals surface area contributed by atoms with Crippen LogP contribution in [-0.2, 0) is 0 Å². The van der Waals surface area contributed by atoms with Gasteiger partial charge in [-0.25, -0.2) is 4.39 Å². The van der Waals surface area contributed by atoms with Crippen LogP contribution in [0.5, 0.6) is 0 Å². The zero-order chi connectivity index (χ0) is 14.7. The summed E-state index contributed by atoms with van der Waals surface area (Å²) >= 11 is 3.16. The minimum atomic E-state index is -0.302. The molecule has 0 atom stereocenters. The Hall–Kier alpha value is -1.89. The van der Waals surface area contributed by atoms with Gasteiger partial charge in [-0.15, -0.1) is 0 Å². The monoisotopic (exact) mass is 339 g/mol. The van der Waals surface area contributed by atoms with Crippen LogP contribution in [0.15, 0.2) is 22.7 Å². The lowest BCUT2D eigenvalue weighted by Gasteiger charge is -2.12. The summed E-state index contributed by atoms with van der Waals surface area (Å²) < 4.78 is 13.8. The van der Waals surface area contributed by atoms with Crippen LogP contribution < -0.4 is 16.4 Å². The average molecular weight is 340 g/mol. The number of hydrogen-bond donors (Lipinski definition) is 3. The third kappa shape index (κ3) is 3.36. The van der Waals surface area contributed by atoms with Gasteiger partial charge in [0.2, 0.25) is 5.95 Å². The summed E-state index contributed by atoms with van der Waals surface area (Å²) in [7, 11) is 0. The SMILES string of the molecule is CCNc1cc(Nc2cc(Br)c(F)cc2C)nc(N)n1. The van der Waals surface area contributed by atoms with Gasteiger partial charge in [-0.05, 0) is 47.5 Å². The number of halogens is 2. The lowest BCUT2D eigenvalue weighted by atomic mass is 10.2. The van der Waals surface area contributed by atoms with Crippen LogP contribution >= 0.6 is 15.9 Å². The number of hydrogen-bond acceptors (Lipinski definition) is 5. The van der Waals surface area contributed by atoms with E-state index in [1.165, 1.54) is 6.07 Å². The first-order valence-corrected chi connectivity index (χ1v) is 6.90. The summed E-state index contributed by atoms with van der Waals surface area (Å²) in [6, 6.07) is 4.86. The molecule has 0 aliphatic carbocycles. The number of nitrogens with zero attached hydrogens (tertiary/aromatic N) is 2. The average Bonchev–Trinajstić information content (AvgIpc) is 2.35. The van der Waals surface area contributed by atoms with Gasteiger partial charge in [0.1, 0.15) is 17.5 Å². The van der Waals surface area contributed by atoms with Crippen LogP contribution in [0.4, 0.5) is 27.7 Å². The first-order chi connectivity index (χ1) is 9.49. The Bertz CT molecular complexity index is 632. The molecule has 1 aromatic carbocycles. The molecule has 0 saturated carbocycles. The maximum absolute atomic E-state index is 13.4. The summed E-state index contributed by atoms with van der Waals surface area (Å²) in [5.74, 6) is 1.06. The van der Waals surface area contributed by atoms with Crippen molar-refractivity contribution in [3.63, 3.8) is 0 Å². The van der Waals surface area contributed by atoms with Crippen molar-refractivity contribution >= 4 is 39.2 Å². The Morgan fingerprint density at radius 3 is 2.65 bits per heavy atom. The molecule has 7 heteroatoms. The largest absolute Gasteiger partial charge is 0.370 e. The number of nitrogens with one attached hydrogen (secondary N) is 2. The molecule has 0 bridgehead atoms. The van der Waals surface area contributed by atoms with Crippen molar-refractivity contribution in [3.05, 3.63) is 34.1 Å². The molecule has 0 radical (unpaired) electrons. The normalized spacial score (nSPS) is 10.4. The third-order valence-corrected chi connectivity index (χ3v) is 3.24. The van der Waals surface area contributed by atoms with Gasteiger partial charge in [0.25, 0.3) is 0 Å². The second-order valence-electron chi connectivity index (χ2n) is 4.23. The second-order valence-corrected chi connectivity index (χ2v) is 5.09. The maximum atomic E-state index is 13.4. The molecule has 1 heterocycles. The van der Waals surface area contributed by atoms with Gasteiger partial charge in [0.15, 0.2) is 0 Å². The van der Waals surface area contributed by atoms with Crippen LogP contribution in [-0.4, -0.2) is 16.5 Å². The number of nitrogen functional groups attached to an aromatic ring is 1. The summed E-state index contributed by atoms with van der Waals surface area (Å²) in [5, 5.41) is 6.18. The highest BCUT2D eigenvalue weighted by Crippen LogP contribution is 2.27. The van der Waals surface area contributed by atoms with Crippen molar-refractivity contribution in [3.8, 4) is 0 Å². The second kappa shape index (κ2) is 6.04.